The van der Waals surface area contributed by atoms with Gasteiger partial charge in [0.05, 0.1) is 0 Å². The highest BCUT2D eigenvalue weighted by Gasteiger charge is 2.12. The second-order valence-corrected chi connectivity index (χ2v) is 3.62. The Morgan fingerprint density at radius 1 is 1.00 bits per heavy atom. The fourth-order valence-corrected chi connectivity index (χ4v) is 1.81. The van der Waals surface area contributed by atoms with E-state index in [0.717, 1.165) is 11.5 Å². The van der Waals surface area contributed by atoms with Crippen molar-refractivity contribution in [1.29, 1.82) is 0 Å². The van der Waals surface area contributed by atoms with Gasteiger partial charge in [-0.05, 0) is 38.8 Å². The number of hydrogen-bond acceptors (Lipinski definition) is 3. The standard InChI is InChI=1S/C10H14N4/c1-5-6(2)9-13-10(11)12-8(4)14(9)7(5)3/h1-4H3,(H2,11,13). The fourth-order valence-electron chi connectivity index (χ4n) is 1.81. The van der Waals surface area contributed by atoms with Gasteiger partial charge < -0.3 is 5.73 Å². The van der Waals surface area contributed by atoms with Crippen LogP contribution in [0.15, 0.2) is 0 Å². The van der Waals surface area contributed by atoms with Gasteiger partial charge in [-0.25, -0.2) is 0 Å². The third-order valence-electron chi connectivity index (χ3n) is 2.81. The van der Waals surface area contributed by atoms with E-state index in [9.17, 15) is 0 Å². The molecule has 2 aromatic heterocycles. The summed E-state index contributed by atoms with van der Waals surface area (Å²) in [6.07, 6.45) is 0. The van der Waals surface area contributed by atoms with Gasteiger partial charge in [-0.2, -0.15) is 9.97 Å². The topological polar surface area (TPSA) is 56.2 Å². The average molecular weight is 190 g/mol. The minimum atomic E-state index is 0.343. The van der Waals surface area contributed by atoms with Crippen LogP contribution in [0.1, 0.15) is 22.6 Å². The van der Waals surface area contributed by atoms with Crippen LogP contribution in [0.5, 0.6) is 0 Å². The van der Waals surface area contributed by atoms with Crippen molar-refractivity contribution in [2.45, 2.75) is 27.7 Å². The number of aryl methyl sites for hydroxylation is 3. The van der Waals surface area contributed by atoms with Gasteiger partial charge in [-0.3, -0.25) is 4.40 Å². The molecule has 2 N–H and O–H groups in total. The van der Waals surface area contributed by atoms with Crippen LogP contribution in [0, 0.1) is 27.7 Å². The van der Waals surface area contributed by atoms with E-state index in [0.29, 0.717) is 5.95 Å². The number of nitrogen functional groups attached to an aromatic ring is 1. The summed E-state index contributed by atoms with van der Waals surface area (Å²) < 4.78 is 2.04. The molecular formula is C10H14N4. The third-order valence-corrected chi connectivity index (χ3v) is 2.81. The molecule has 0 saturated heterocycles. The van der Waals surface area contributed by atoms with Gasteiger partial charge in [0, 0.05) is 5.69 Å². The summed E-state index contributed by atoms with van der Waals surface area (Å²) in [5.41, 5.74) is 10.2. The highest BCUT2D eigenvalue weighted by Crippen LogP contribution is 2.21. The van der Waals surface area contributed by atoms with Gasteiger partial charge in [-0.1, -0.05) is 0 Å². The molecule has 2 rings (SSSR count). The van der Waals surface area contributed by atoms with Crippen LogP contribution in [0.2, 0.25) is 0 Å². The Labute approximate surface area is 82.8 Å². The maximum atomic E-state index is 5.62. The first-order chi connectivity index (χ1) is 6.52. The summed E-state index contributed by atoms with van der Waals surface area (Å²) in [6, 6.07) is 0. The molecule has 0 aromatic carbocycles. The van der Waals surface area contributed by atoms with Crippen LogP contribution in [-0.2, 0) is 0 Å². The zero-order chi connectivity index (χ0) is 10.5. The largest absolute Gasteiger partial charge is 0.368 e. The Hall–Kier alpha value is -1.58. The second kappa shape index (κ2) is 2.70. The van der Waals surface area contributed by atoms with E-state index in [-0.39, 0.29) is 0 Å². The zero-order valence-corrected chi connectivity index (χ0v) is 8.92. The summed E-state index contributed by atoms with van der Waals surface area (Å²) in [5.74, 6) is 1.23. The molecule has 0 aliphatic heterocycles. The predicted molar refractivity (Wildman–Crippen MR) is 56.3 cm³/mol. The number of nitrogens with two attached hydrogens (primary N) is 1. The maximum absolute atomic E-state index is 5.62. The summed E-state index contributed by atoms with van der Waals surface area (Å²) in [4.78, 5) is 8.39. The molecule has 0 atom stereocenters. The third kappa shape index (κ3) is 0.999. The van der Waals surface area contributed by atoms with Crippen LogP contribution in [0.4, 0.5) is 5.95 Å². The van der Waals surface area contributed by atoms with Crippen LogP contribution in [0.3, 0.4) is 0 Å². The number of aromatic nitrogens is 3. The molecule has 4 heteroatoms. The van der Waals surface area contributed by atoms with E-state index in [1.54, 1.807) is 0 Å². The van der Waals surface area contributed by atoms with E-state index >= 15 is 0 Å². The minimum Gasteiger partial charge on any atom is -0.368 e. The highest BCUT2D eigenvalue weighted by molar-refractivity contribution is 5.57. The van der Waals surface area contributed by atoms with Crippen molar-refractivity contribution in [2.24, 2.45) is 0 Å². The Morgan fingerprint density at radius 3 is 2.29 bits per heavy atom. The van der Waals surface area contributed by atoms with Gasteiger partial charge in [0.1, 0.15) is 11.5 Å². The van der Waals surface area contributed by atoms with Crippen LogP contribution in [0.25, 0.3) is 5.65 Å². The Balaban J connectivity index is 3.02. The van der Waals surface area contributed by atoms with Crippen molar-refractivity contribution in [3.63, 3.8) is 0 Å². The highest BCUT2D eigenvalue weighted by atomic mass is 15.1. The lowest BCUT2D eigenvalue weighted by atomic mass is 10.2. The first kappa shape index (κ1) is 8.99. The summed E-state index contributed by atoms with van der Waals surface area (Å²) >= 11 is 0. The maximum Gasteiger partial charge on any atom is 0.223 e. The van der Waals surface area contributed by atoms with E-state index in [1.807, 2.05) is 11.3 Å². The SMILES string of the molecule is Cc1c(C)c2nc(N)nc(C)n2c1C. The number of hydrogen-bond donors (Lipinski definition) is 1. The molecule has 0 bridgehead atoms. The van der Waals surface area contributed by atoms with Crippen molar-refractivity contribution < 1.29 is 0 Å². The normalized spacial score (nSPS) is 11.1. The zero-order valence-electron chi connectivity index (χ0n) is 8.92. The van der Waals surface area contributed by atoms with Crippen LogP contribution >= 0.6 is 0 Å². The Bertz CT molecular complexity index is 511. The minimum absolute atomic E-state index is 0.343. The molecule has 0 aliphatic rings. The van der Waals surface area contributed by atoms with E-state index in [2.05, 4.69) is 30.7 Å². The monoisotopic (exact) mass is 190 g/mol. The molecule has 0 radical (unpaired) electrons. The van der Waals surface area contributed by atoms with Crippen molar-refractivity contribution in [3.05, 3.63) is 22.6 Å². The van der Waals surface area contributed by atoms with E-state index in [4.69, 9.17) is 5.73 Å². The molecule has 0 aliphatic carbocycles. The number of fused-ring (bicyclic) bond motifs is 1. The van der Waals surface area contributed by atoms with E-state index in [1.165, 1.54) is 16.8 Å². The quantitative estimate of drug-likeness (QED) is 0.685. The van der Waals surface area contributed by atoms with Crippen molar-refractivity contribution >= 4 is 11.6 Å². The molecule has 0 amide bonds. The van der Waals surface area contributed by atoms with Crippen molar-refractivity contribution in [3.8, 4) is 0 Å². The molecule has 0 spiro atoms. The first-order valence-corrected chi connectivity index (χ1v) is 4.60. The van der Waals surface area contributed by atoms with Crippen LogP contribution < -0.4 is 5.73 Å². The summed E-state index contributed by atoms with van der Waals surface area (Å²) in [6.45, 7) is 8.16. The Morgan fingerprint density at radius 2 is 1.64 bits per heavy atom. The van der Waals surface area contributed by atoms with Crippen molar-refractivity contribution in [2.75, 3.05) is 5.73 Å². The number of rotatable bonds is 0. The predicted octanol–water partition coefficient (Wildman–Crippen LogP) is 1.55. The van der Waals surface area contributed by atoms with Gasteiger partial charge in [0.2, 0.25) is 5.95 Å². The van der Waals surface area contributed by atoms with Crippen molar-refractivity contribution in [1.82, 2.24) is 14.4 Å². The molecule has 0 fully saturated rings. The lowest BCUT2D eigenvalue weighted by Crippen LogP contribution is -2.04. The average Bonchev–Trinajstić information content (AvgIpc) is 2.31. The lowest BCUT2D eigenvalue weighted by Gasteiger charge is -2.02. The molecular weight excluding hydrogens is 176 g/mol. The molecule has 0 saturated carbocycles. The van der Waals surface area contributed by atoms with Crippen LogP contribution in [-0.4, -0.2) is 14.4 Å². The van der Waals surface area contributed by atoms with E-state index < -0.39 is 0 Å². The summed E-state index contributed by atoms with van der Waals surface area (Å²) in [5, 5.41) is 0. The lowest BCUT2D eigenvalue weighted by molar-refractivity contribution is 0.923. The first-order valence-electron chi connectivity index (χ1n) is 4.60. The second-order valence-electron chi connectivity index (χ2n) is 3.62. The van der Waals surface area contributed by atoms with Gasteiger partial charge in [0.15, 0.2) is 0 Å². The number of nitrogens with zero attached hydrogens (tertiary/aromatic N) is 3. The smallest absolute Gasteiger partial charge is 0.223 e. The number of anilines is 1. The summed E-state index contributed by atoms with van der Waals surface area (Å²) in [7, 11) is 0. The molecule has 4 nitrogen and oxygen atoms in total. The molecule has 0 unspecified atom stereocenters. The molecule has 74 valence electrons. The fraction of sp³-hybridized carbons (Fsp3) is 0.400. The Kier molecular flexibility index (Phi) is 1.74. The van der Waals surface area contributed by atoms with Gasteiger partial charge in [-0.15, -0.1) is 0 Å². The van der Waals surface area contributed by atoms with Gasteiger partial charge >= 0.3 is 0 Å². The van der Waals surface area contributed by atoms with Gasteiger partial charge in [0.25, 0.3) is 0 Å². The molecule has 14 heavy (non-hydrogen) atoms. The molecule has 2 heterocycles. The molecule has 2 aromatic rings.